The molecule has 0 amide bonds. The van der Waals surface area contributed by atoms with Gasteiger partial charge in [0.05, 0.1) is 10.6 Å². The molecule has 0 bridgehead atoms. The summed E-state index contributed by atoms with van der Waals surface area (Å²) < 4.78 is 29.8. The highest BCUT2D eigenvalue weighted by atomic mass is 32.2. The van der Waals surface area contributed by atoms with Gasteiger partial charge in [-0.15, -0.1) is 0 Å². The van der Waals surface area contributed by atoms with Crippen molar-refractivity contribution in [2.45, 2.75) is 30.8 Å². The van der Waals surface area contributed by atoms with Crippen LogP contribution in [0.5, 0.6) is 0 Å². The Kier molecular flexibility index (Phi) is 4.62. The minimum atomic E-state index is -3.46. The molecule has 1 saturated carbocycles. The molecule has 2 heterocycles. The van der Waals surface area contributed by atoms with Gasteiger partial charge in [0.15, 0.2) is 0 Å². The highest BCUT2D eigenvalue weighted by Crippen LogP contribution is 2.31. The SMILES string of the molecule is O=S(=O)(NC[C@@H]1CN(CC2CC2)Cc2ccnn2C1)c1ccccc1. The molecular weight excluding hydrogens is 336 g/mol. The Labute approximate surface area is 148 Å². The average Bonchev–Trinajstić information content (AvgIpc) is 3.35. The number of hydrogen-bond acceptors (Lipinski definition) is 4. The lowest BCUT2D eigenvalue weighted by molar-refractivity contribution is 0.221. The fourth-order valence-electron chi connectivity index (χ4n) is 3.46. The summed E-state index contributed by atoms with van der Waals surface area (Å²) in [6.07, 6.45) is 4.48. The quantitative estimate of drug-likeness (QED) is 0.851. The van der Waals surface area contributed by atoms with Gasteiger partial charge in [-0.3, -0.25) is 9.58 Å². The number of sulfonamides is 1. The molecule has 1 aliphatic heterocycles. The van der Waals surface area contributed by atoms with Gasteiger partial charge in [-0.2, -0.15) is 5.10 Å². The zero-order valence-electron chi connectivity index (χ0n) is 14.2. The maximum atomic E-state index is 12.5. The summed E-state index contributed by atoms with van der Waals surface area (Å²) in [4.78, 5) is 2.78. The lowest BCUT2D eigenvalue weighted by Crippen LogP contribution is -2.37. The topological polar surface area (TPSA) is 67.2 Å². The highest BCUT2D eigenvalue weighted by Gasteiger charge is 2.29. The van der Waals surface area contributed by atoms with Crippen molar-refractivity contribution in [1.82, 2.24) is 19.4 Å². The van der Waals surface area contributed by atoms with Crippen molar-refractivity contribution >= 4 is 10.0 Å². The third kappa shape index (κ3) is 4.11. The van der Waals surface area contributed by atoms with E-state index in [2.05, 4.69) is 20.8 Å². The Hall–Kier alpha value is -1.70. The van der Waals surface area contributed by atoms with Crippen molar-refractivity contribution in [2.24, 2.45) is 11.8 Å². The van der Waals surface area contributed by atoms with Crippen LogP contribution in [0.2, 0.25) is 0 Å². The predicted octanol–water partition coefficient (Wildman–Crippen LogP) is 1.70. The van der Waals surface area contributed by atoms with Crippen LogP contribution in [-0.2, 0) is 23.1 Å². The molecule has 25 heavy (non-hydrogen) atoms. The second-order valence-electron chi connectivity index (χ2n) is 7.17. The van der Waals surface area contributed by atoms with Crippen molar-refractivity contribution in [2.75, 3.05) is 19.6 Å². The first-order valence-corrected chi connectivity index (χ1v) is 10.4. The van der Waals surface area contributed by atoms with Gasteiger partial charge < -0.3 is 0 Å². The molecule has 0 unspecified atom stereocenters. The van der Waals surface area contributed by atoms with Crippen molar-refractivity contribution < 1.29 is 8.42 Å². The molecule has 1 aliphatic carbocycles. The Morgan fingerprint density at radius 2 is 1.88 bits per heavy atom. The van der Waals surface area contributed by atoms with Crippen LogP contribution in [0.25, 0.3) is 0 Å². The van der Waals surface area contributed by atoms with E-state index in [1.165, 1.54) is 18.5 Å². The van der Waals surface area contributed by atoms with Crippen LogP contribution in [0.15, 0.2) is 47.5 Å². The summed E-state index contributed by atoms with van der Waals surface area (Å²) in [5.74, 6) is 1.02. The van der Waals surface area contributed by atoms with E-state index in [1.54, 1.807) is 24.3 Å². The van der Waals surface area contributed by atoms with Gasteiger partial charge in [0.2, 0.25) is 10.0 Å². The van der Waals surface area contributed by atoms with Crippen molar-refractivity contribution in [1.29, 1.82) is 0 Å². The zero-order valence-corrected chi connectivity index (χ0v) is 15.0. The van der Waals surface area contributed by atoms with Gasteiger partial charge in [-0.05, 0) is 37.0 Å². The van der Waals surface area contributed by atoms with Crippen molar-refractivity contribution in [3.63, 3.8) is 0 Å². The van der Waals surface area contributed by atoms with E-state index >= 15 is 0 Å². The van der Waals surface area contributed by atoms with E-state index in [0.717, 1.165) is 32.1 Å². The van der Waals surface area contributed by atoms with Crippen molar-refractivity contribution in [3.05, 3.63) is 48.3 Å². The first kappa shape index (κ1) is 16.8. The zero-order chi connectivity index (χ0) is 17.3. The molecule has 1 N–H and O–H groups in total. The Balaban J connectivity index is 1.45. The number of nitrogens with zero attached hydrogens (tertiary/aromatic N) is 3. The lowest BCUT2D eigenvalue weighted by atomic mass is 10.1. The molecule has 2 aromatic rings. The first-order valence-electron chi connectivity index (χ1n) is 8.88. The Morgan fingerprint density at radius 1 is 1.08 bits per heavy atom. The van der Waals surface area contributed by atoms with E-state index in [-0.39, 0.29) is 5.92 Å². The number of aromatic nitrogens is 2. The molecule has 0 radical (unpaired) electrons. The number of nitrogens with one attached hydrogen (secondary N) is 1. The van der Waals surface area contributed by atoms with Crippen LogP contribution in [0.3, 0.4) is 0 Å². The summed E-state index contributed by atoms with van der Waals surface area (Å²) in [7, 11) is -3.46. The maximum absolute atomic E-state index is 12.5. The van der Waals surface area contributed by atoms with Gasteiger partial charge in [0, 0.05) is 44.8 Å². The molecule has 6 nitrogen and oxygen atoms in total. The highest BCUT2D eigenvalue weighted by molar-refractivity contribution is 7.89. The molecule has 4 rings (SSSR count). The lowest BCUT2D eigenvalue weighted by Gasteiger charge is -2.24. The molecule has 1 aromatic heterocycles. The van der Waals surface area contributed by atoms with E-state index < -0.39 is 10.0 Å². The van der Waals surface area contributed by atoms with Gasteiger partial charge >= 0.3 is 0 Å². The van der Waals surface area contributed by atoms with Crippen LogP contribution in [0, 0.1) is 11.8 Å². The van der Waals surface area contributed by atoms with E-state index in [1.807, 2.05) is 16.9 Å². The number of rotatable bonds is 6. The minimum absolute atomic E-state index is 0.207. The van der Waals surface area contributed by atoms with Crippen LogP contribution >= 0.6 is 0 Å². The van der Waals surface area contributed by atoms with Crippen molar-refractivity contribution in [3.8, 4) is 0 Å². The molecule has 2 aliphatic rings. The largest absolute Gasteiger partial charge is 0.297 e. The molecule has 0 saturated heterocycles. The van der Waals surface area contributed by atoms with E-state index in [9.17, 15) is 8.42 Å². The van der Waals surface area contributed by atoms with Gasteiger partial charge in [-0.25, -0.2) is 13.1 Å². The monoisotopic (exact) mass is 360 g/mol. The summed E-state index contributed by atoms with van der Waals surface area (Å²) in [6.45, 7) is 4.08. The molecule has 134 valence electrons. The molecule has 7 heteroatoms. The van der Waals surface area contributed by atoms with E-state index in [4.69, 9.17) is 0 Å². The average molecular weight is 360 g/mol. The predicted molar refractivity (Wildman–Crippen MR) is 95.3 cm³/mol. The molecular formula is C18H24N4O2S. The van der Waals surface area contributed by atoms with E-state index in [0.29, 0.717) is 11.4 Å². The molecule has 0 spiro atoms. The van der Waals surface area contributed by atoms with Crippen LogP contribution in [-0.4, -0.2) is 42.7 Å². The summed E-state index contributed by atoms with van der Waals surface area (Å²) in [6, 6.07) is 10.6. The standard InChI is InChI=1S/C18H24N4O2S/c23-25(24,18-4-2-1-3-5-18)20-10-16-12-21(11-15-6-7-15)14-17-8-9-19-22(17)13-16/h1-5,8-9,15-16,20H,6-7,10-14H2/t16-/m1/s1. The molecule has 1 aromatic carbocycles. The second-order valence-corrected chi connectivity index (χ2v) is 8.94. The second kappa shape index (κ2) is 6.90. The maximum Gasteiger partial charge on any atom is 0.240 e. The third-order valence-corrected chi connectivity index (χ3v) is 6.41. The Bertz CT molecular complexity index is 815. The van der Waals surface area contributed by atoms with Crippen LogP contribution in [0.4, 0.5) is 0 Å². The van der Waals surface area contributed by atoms with Gasteiger partial charge in [-0.1, -0.05) is 18.2 Å². The first-order chi connectivity index (χ1) is 12.1. The van der Waals surface area contributed by atoms with Crippen LogP contribution in [0.1, 0.15) is 18.5 Å². The number of benzene rings is 1. The number of hydrogen-bond donors (Lipinski definition) is 1. The summed E-state index contributed by atoms with van der Waals surface area (Å²) in [5.41, 5.74) is 1.22. The third-order valence-electron chi connectivity index (χ3n) is 4.97. The van der Waals surface area contributed by atoms with Crippen LogP contribution < -0.4 is 4.72 Å². The Morgan fingerprint density at radius 3 is 2.64 bits per heavy atom. The normalized spacial score (nSPS) is 21.7. The van der Waals surface area contributed by atoms with Gasteiger partial charge in [0.25, 0.3) is 0 Å². The summed E-state index contributed by atoms with van der Waals surface area (Å²) >= 11 is 0. The summed E-state index contributed by atoms with van der Waals surface area (Å²) in [5, 5.41) is 4.41. The molecule has 1 fully saturated rings. The smallest absolute Gasteiger partial charge is 0.240 e. The van der Waals surface area contributed by atoms with Gasteiger partial charge in [0.1, 0.15) is 0 Å². The molecule has 1 atom stereocenters. The fourth-order valence-corrected chi connectivity index (χ4v) is 4.60. The number of fused-ring (bicyclic) bond motifs is 1. The minimum Gasteiger partial charge on any atom is -0.297 e. The fraction of sp³-hybridized carbons (Fsp3) is 0.500.